The molecule has 1 aliphatic rings. The van der Waals surface area contributed by atoms with E-state index in [1.807, 2.05) is 22.7 Å². The van der Waals surface area contributed by atoms with Crippen LogP contribution in [0.5, 0.6) is 0 Å². The normalized spacial score (nSPS) is 19.8. The number of fused-ring (bicyclic) bond motifs is 1. The third-order valence-electron chi connectivity index (χ3n) is 3.95. The molecule has 1 nitrogen and oxygen atoms in total. The van der Waals surface area contributed by atoms with Crippen LogP contribution in [0.15, 0.2) is 23.6 Å². The molecular formula is C16H20INS2. The third kappa shape index (κ3) is 3.29. The van der Waals surface area contributed by atoms with Crippen LogP contribution in [-0.4, -0.2) is 0 Å². The lowest BCUT2D eigenvalue weighted by molar-refractivity contribution is 0.389. The van der Waals surface area contributed by atoms with Crippen LogP contribution in [0, 0.1) is 2.88 Å². The van der Waals surface area contributed by atoms with Crippen LogP contribution in [0.1, 0.15) is 60.0 Å². The van der Waals surface area contributed by atoms with Gasteiger partial charge in [-0.2, -0.15) is 0 Å². The summed E-state index contributed by atoms with van der Waals surface area (Å²) in [5, 5.41) is 6.14. The van der Waals surface area contributed by atoms with E-state index in [0.717, 1.165) is 0 Å². The largest absolute Gasteiger partial charge is 0.302 e. The molecule has 20 heavy (non-hydrogen) atoms. The summed E-state index contributed by atoms with van der Waals surface area (Å²) in [7, 11) is 0. The fourth-order valence-electron chi connectivity index (χ4n) is 3.02. The van der Waals surface area contributed by atoms with Gasteiger partial charge in [-0.05, 0) is 71.4 Å². The first-order valence-corrected chi connectivity index (χ1v) is 10.1. The summed E-state index contributed by atoms with van der Waals surface area (Å²) in [6.45, 7) is 2.28. The highest BCUT2D eigenvalue weighted by atomic mass is 127. The average Bonchev–Trinajstić information content (AvgIpc) is 3.06. The van der Waals surface area contributed by atoms with Gasteiger partial charge in [0.2, 0.25) is 0 Å². The Bertz CT molecular complexity index is 547. The molecule has 0 bridgehead atoms. The Hall–Kier alpha value is 0.0900. The molecule has 2 atom stereocenters. The van der Waals surface area contributed by atoms with Crippen LogP contribution in [-0.2, 0) is 6.42 Å². The van der Waals surface area contributed by atoms with Gasteiger partial charge >= 0.3 is 0 Å². The van der Waals surface area contributed by atoms with E-state index >= 15 is 0 Å². The van der Waals surface area contributed by atoms with Crippen molar-refractivity contribution in [1.29, 1.82) is 0 Å². The molecule has 0 aromatic carbocycles. The van der Waals surface area contributed by atoms with Crippen LogP contribution in [0.3, 0.4) is 0 Å². The Balaban J connectivity index is 1.79. The zero-order valence-electron chi connectivity index (χ0n) is 11.7. The van der Waals surface area contributed by atoms with Crippen LogP contribution in [0.4, 0.5) is 0 Å². The van der Waals surface area contributed by atoms with Crippen molar-refractivity contribution in [2.45, 2.75) is 51.1 Å². The SMILES string of the molecule is CCCC(NC1CCCc2sc(I)cc21)c1cccs1. The van der Waals surface area contributed by atoms with Crippen LogP contribution < -0.4 is 5.32 Å². The Morgan fingerprint density at radius 2 is 2.40 bits per heavy atom. The van der Waals surface area contributed by atoms with Gasteiger partial charge in [0.1, 0.15) is 0 Å². The minimum absolute atomic E-state index is 0.522. The molecule has 3 rings (SSSR count). The van der Waals surface area contributed by atoms with Gasteiger partial charge < -0.3 is 5.32 Å². The van der Waals surface area contributed by atoms with Crippen molar-refractivity contribution in [3.05, 3.63) is 41.8 Å². The number of thiophene rings is 2. The van der Waals surface area contributed by atoms with E-state index < -0.39 is 0 Å². The van der Waals surface area contributed by atoms with Gasteiger partial charge in [-0.25, -0.2) is 0 Å². The zero-order chi connectivity index (χ0) is 13.9. The van der Waals surface area contributed by atoms with Crippen molar-refractivity contribution in [3.63, 3.8) is 0 Å². The Morgan fingerprint density at radius 3 is 3.15 bits per heavy atom. The lowest BCUT2D eigenvalue weighted by Gasteiger charge is -2.28. The minimum atomic E-state index is 0.522. The van der Waals surface area contributed by atoms with E-state index in [2.05, 4.69) is 58.4 Å². The summed E-state index contributed by atoms with van der Waals surface area (Å²) in [4.78, 5) is 3.10. The van der Waals surface area contributed by atoms with Gasteiger partial charge in [-0.1, -0.05) is 19.4 Å². The molecule has 0 fully saturated rings. The molecule has 0 saturated heterocycles. The maximum Gasteiger partial charge on any atom is 0.0659 e. The quantitative estimate of drug-likeness (QED) is 0.596. The van der Waals surface area contributed by atoms with E-state index in [-0.39, 0.29) is 0 Å². The average molecular weight is 417 g/mol. The Morgan fingerprint density at radius 1 is 1.50 bits per heavy atom. The first-order chi connectivity index (χ1) is 9.78. The molecule has 0 aliphatic heterocycles. The van der Waals surface area contributed by atoms with E-state index in [1.54, 1.807) is 10.4 Å². The van der Waals surface area contributed by atoms with Crippen LogP contribution in [0.25, 0.3) is 0 Å². The molecule has 2 heterocycles. The Labute approximate surface area is 142 Å². The Kier molecular flexibility index (Phi) is 5.18. The number of nitrogens with one attached hydrogen (secondary N) is 1. The summed E-state index contributed by atoms with van der Waals surface area (Å²) >= 11 is 6.33. The smallest absolute Gasteiger partial charge is 0.0659 e. The topological polar surface area (TPSA) is 12.0 Å². The zero-order valence-corrected chi connectivity index (χ0v) is 15.5. The molecule has 1 aliphatic carbocycles. The second-order valence-corrected chi connectivity index (χ2v) is 9.41. The highest BCUT2D eigenvalue weighted by molar-refractivity contribution is 14.1. The summed E-state index contributed by atoms with van der Waals surface area (Å²) in [5.74, 6) is 0. The molecule has 2 unspecified atom stereocenters. The highest BCUT2D eigenvalue weighted by Gasteiger charge is 2.25. The highest BCUT2D eigenvalue weighted by Crippen LogP contribution is 2.38. The van der Waals surface area contributed by atoms with E-state index in [0.29, 0.717) is 12.1 Å². The predicted molar refractivity (Wildman–Crippen MR) is 97.8 cm³/mol. The predicted octanol–water partition coefficient (Wildman–Crippen LogP) is 5.92. The first-order valence-electron chi connectivity index (χ1n) is 7.35. The summed E-state index contributed by atoms with van der Waals surface area (Å²) < 4.78 is 1.43. The first kappa shape index (κ1) is 15.0. The number of aryl methyl sites for hydroxylation is 1. The molecule has 108 valence electrons. The molecule has 2 aromatic rings. The maximum atomic E-state index is 3.94. The lowest BCUT2D eigenvalue weighted by Crippen LogP contribution is -2.28. The van der Waals surface area contributed by atoms with E-state index in [1.165, 1.54) is 39.9 Å². The number of halogens is 1. The molecule has 1 N–H and O–H groups in total. The third-order valence-corrected chi connectivity index (χ3v) is 6.91. The van der Waals surface area contributed by atoms with Crippen molar-refractivity contribution >= 4 is 45.3 Å². The summed E-state index contributed by atoms with van der Waals surface area (Å²) in [6, 6.07) is 7.92. The number of hydrogen-bond donors (Lipinski definition) is 1. The van der Waals surface area contributed by atoms with Gasteiger partial charge in [0.05, 0.1) is 2.88 Å². The molecule has 2 aromatic heterocycles. The van der Waals surface area contributed by atoms with Gasteiger partial charge in [-0.3, -0.25) is 0 Å². The van der Waals surface area contributed by atoms with E-state index in [4.69, 9.17) is 0 Å². The van der Waals surface area contributed by atoms with Crippen LogP contribution >= 0.6 is 45.3 Å². The monoisotopic (exact) mass is 417 g/mol. The maximum absolute atomic E-state index is 3.94. The number of hydrogen-bond acceptors (Lipinski definition) is 3. The van der Waals surface area contributed by atoms with Gasteiger partial charge in [0.25, 0.3) is 0 Å². The molecular weight excluding hydrogens is 397 g/mol. The van der Waals surface area contributed by atoms with Gasteiger partial charge in [0, 0.05) is 21.8 Å². The fourth-order valence-corrected chi connectivity index (χ4v) is 5.96. The fraction of sp³-hybridized carbons (Fsp3) is 0.500. The van der Waals surface area contributed by atoms with Crippen molar-refractivity contribution < 1.29 is 0 Å². The standard InChI is InChI=1S/C16H20INS2/c1-2-5-13(15-8-4-9-19-15)18-12-6-3-7-14-11(12)10-16(17)20-14/h4,8-10,12-13,18H,2-3,5-7H2,1H3. The minimum Gasteiger partial charge on any atom is -0.302 e. The molecule has 4 heteroatoms. The summed E-state index contributed by atoms with van der Waals surface area (Å²) in [6.07, 6.45) is 6.35. The molecule has 0 saturated carbocycles. The number of rotatable bonds is 5. The molecule has 0 radical (unpaired) electrons. The second kappa shape index (κ2) is 6.90. The molecule has 0 amide bonds. The summed E-state index contributed by atoms with van der Waals surface area (Å²) in [5.41, 5.74) is 1.57. The molecule has 0 spiro atoms. The lowest BCUT2D eigenvalue weighted by atomic mass is 9.93. The van der Waals surface area contributed by atoms with Crippen molar-refractivity contribution in [2.75, 3.05) is 0 Å². The van der Waals surface area contributed by atoms with Gasteiger partial charge in [0.15, 0.2) is 0 Å². The van der Waals surface area contributed by atoms with Gasteiger partial charge in [-0.15, -0.1) is 22.7 Å². The van der Waals surface area contributed by atoms with Crippen molar-refractivity contribution in [2.24, 2.45) is 0 Å². The van der Waals surface area contributed by atoms with Crippen molar-refractivity contribution in [3.8, 4) is 0 Å². The van der Waals surface area contributed by atoms with Crippen molar-refractivity contribution in [1.82, 2.24) is 5.32 Å². The van der Waals surface area contributed by atoms with Crippen LogP contribution in [0.2, 0.25) is 0 Å². The second-order valence-electron chi connectivity index (χ2n) is 5.40. The van der Waals surface area contributed by atoms with E-state index in [9.17, 15) is 0 Å².